The van der Waals surface area contributed by atoms with Gasteiger partial charge in [0.2, 0.25) is 11.9 Å². The van der Waals surface area contributed by atoms with Crippen LogP contribution in [0.25, 0.3) is 0 Å². The van der Waals surface area contributed by atoms with E-state index in [1.807, 2.05) is 32.2 Å². The van der Waals surface area contributed by atoms with E-state index in [-0.39, 0.29) is 11.9 Å². The normalized spacial score (nSPS) is 19.1. The minimum Gasteiger partial charge on any atom is -0.352 e. The topological polar surface area (TPSA) is 62.2 Å². The van der Waals surface area contributed by atoms with Crippen LogP contribution in [0.5, 0.6) is 0 Å². The Labute approximate surface area is 107 Å². The molecule has 1 aromatic rings. The van der Waals surface area contributed by atoms with E-state index in [1.54, 1.807) is 0 Å². The lowest BCUT2D eigenvalue weighted by molar-refractivity contribution is -0.119. The van der Waals surface area contributed by atoms with Crippen molar-refractivity contribution in [3.05, 3.63) is 11.9 Å². The average molecular weight is 251 g/mol. The van der Waals surface area contributed by atoms with E-state index >= 15 is 0 Å². The second kappa shape index (κ2) is 5.39. The first-order valence-corrected chi connectivity index (χ1v) is 6.26. The Hall–Kier alpha value is -1.56. The number of carbonyl (C=O) groups excluding carboxylic acids is 1. The number of amides is 1. The minimum atomic E-state index is 0.164. The van der Waals surface area contributed by atoms with Crippen molar-refractivity contribution in [1.82, 2.24) is 20.2 Å². The van der Waals surface area contributed by atoms with E-state index in [2.05, 4.69) is 20.2 Å². The van der Waals surface area contributed by atoms with Gasteiger partial charge < -0.3 is 20.1 Å². The molecule has 1 saturated heterocycles. The summed E-state index contributed by atoms with van der Waals surface area (Å²) in [5.41, 5.74) is 1.14. The number of hydrogen-bond donors (Lipinski definition) is 2. The molecule has 2 N–H and O–H groups in total. The highest BCUT2D eigenvalue weighted by atomic mass is 16.1. The number of carbonyl (C=O) groups is 1. The van der Waals surface area contributed by atoms with E-state index in [0.29, 0.717) is 6.42 Å². The maximum Gasteiger partial charge on any atom is 0.220 e. The van der Waals surface area contributed by atoms with Gasteiger partial charge in [0.1, 0.15) is 0 Å². The van der Waals surface area contributed by atoms with Crippen LogP contribution in [0.4, 0.5) is 5.95 Å². The highest BCUT2D eigenvalue weighted by Crippen LogP contribution is 2.11. The molecule has 0 aliphatic carbocycles. The largest absolute Gasteiger partial charge is 0.352 e. The van der Waals surface area contributed by atoms with E-state index in [1.165, 1.54) is 0 Å². The van der Waals surface area contributed by atoms with Crippen LogP contribution in [0, 0.1) is 0 Å². The first-order valence-electron chi connectivity index (χ1n) is 6.26. The van der Waals surface area contributed by atoms with Gasteiger partial charge in [-0.05, 0) is 6.42 Å². The standard InChI is InChI=1S/C12H21N5O/c1-16(2)12-14-8-10(17(12)3)7-13-6-9-4-5-11(18)15-9/h8-9,13H,4-7H2,1-3H3,(H,15,18). The monoisotopic (exact) mass is 251 g/mol. The van der Waals surface area contributed by atoms with Gasteiger partial charge in [-0.25, -0.2) is 4.98 Å². The molecule has 2 rings (SSSR count). The second-order valence-corrected chi connectivity index (χ2v) is 4.94. The van der Waals surface area contributed by atoms with Crippen molar-refractivity contribution in [3.63, 3.8) is 0 Å². The first-order chi connectivity index (χ1) is 8.58. The van der Waals surface area contributed by atoms with Gasteiger partial charge in [0, 0.05) is 46.7 Å². The van der Waals surface area contributed by atoms with Gasteiger partial charge in [0.05, 0.1) is 11.9 Å². The van der Waals surface area contributed by atoms with Crippen LogP contribution < -0.4 is 15.5 Å². The molecule has 0 radical (unpaired) electrons. The Kier molecular flexibility index (Phi) is 3.86. The molecule has 100 valence electrons. The molecule has 1 amide bonds. The van der Waals surface area contributed by atoms with Crippen LogP contribution in [0.15, 0.2) is 6.20 Å². The molecule has 6 heteroatoms. The van der Waals surface area contributed by atoms with Gasteiger partial charge in [0.25, 0.3) is 0 Å². The summed E-state index contributed by atoms with van der Waals surface area (Å²) < 4.78 is 2.07. The Morgan fingerprint density at radius 2 is 2.39 bits per heavy atom. The van der Waals surface area contributed by atoms with Crippen molar-refractivity contribution < 1.29 is 4.79 Å². The molecule has 0 bridgehead atoms. The molecule has 6 nitrogen and oxygen atoms in total. The summed E-state index contributed by atoms with van der Waals surface area (Å²) in [6.45, 7) is 1.58. The lowest BCUT2D eigenvalue weighted by Gasteiger charge is -2.14. The lowest BCUT2D eigenvalue weighted by Crippen LogP contribution is -2.35. The number of hydrogen-bond acceptors (Lipinski definition) is 4. The highest BCUT2D eigenvalue weighted by Gasteiger charge is 2.20. The fraction of sp³-hybridized carbons (Fsp3) is 0.667. The van der Waals surface area contributed by atoms with Gasteiger partial charge in [-0.1, -0.05) is 0 Å². The molecule has 1 aliphatic rings. The van der Waals surface area contributed by atoms with Crippen molar-refractivity contribution in [2.24, 2.45) is 7.05 Å². The molecule has 18 heavy (non-hydrogen) atoms. The lowest BCUT2D eigenvalue weighted by atomic mass is 10.2. The van der Waals surface area contributed by atoms with Crippen molar-refractivity contribution in [3.8, 4) is 0 Å². The predicted octanol–water partition coefficient (Wildman–Crippen LogP) is -0.146. The molecular weight excluding hydrogens is 230 g/mol. The molecule has 1 aromatic heterocycles. The van der Waals surface area contributed by atoms with Crippen LogP contribution in [-0.4, -0.2) is 42.1 Å². The average Bonchev–Trinajstić information content (AvgIpc) is 2.87. The van der Waals surface area contributed by atoms with Gasteiger partial charge in [0.15, 0.2) is 0 Å². The molecular formula is C12H21N5O. The van der Waals surface area contributed by atoms with Crippen molar-refractivity contribution in [2.45, 2.75) is 25.4 Å². The quantitative estimate of drug-likeness (QED) is 0.764. The van der Waals surface area contributed by atoms with Gasteiger partial charge >= 0.3 is 0 Å². The van der Waals surface area contributed by atoms with E-state index in [4.69, 9.17) is 0 Å². The zero-order chi connectivity index (χ0) is 13.1. The summed E-state index contributed by atoms with van der Waals surface area (Å²) >= 11 is 0. The molecule has 0 aromatic carbocycles. The van der Waals surface area contributed by atoms with Crippen LogP contribution in [0.2, 0.25) is 0 Å². The Morgan fingerprint density at radius 1 is 1.61 bits per heavy atom. The number of anilines is 1. The zero-order valence-electron chi connectivity index (χ0n) is 11.2. The number of aromatic nitrogens is 2. The molecule has 0 spiro atoms. The van der Waals surface area contributed by atoms with Crippen molar-refractivity contribution in [2.75, 3.05) is 25.5 Å². The highest BCUT2D eigenvalue weighted by molar-refractivity contribution is 5.78. The van der Waals surface area contributed by atoms with Crippen molar-refractivity contribution >= 4 is 11.9 Å². The number of imidazole rings is 1. The maximum absolute atomic E-state index is 11.1. The fourth-order valence-corrected chi connectivity index (χ4v) is 2.22. The molecule has 1 fully saturated rings. The van der Waals surface area contributed by atoms with Gasteiger partial charge in [-0.2, -0.15) is 0 Å². The molecule has 1 unspecified atom stereocenters. The molecule has 0 saturated carbocycles. The zero-order valence-corrected chi connectivity index (χ0v) is 11.2. The van der Waals surface area contributed by atoms with E-state index < -0.39 is 0 Å². The summed E-state index contributed by atoms with van der Waals surface area (Å²) in [7, 11) is 5.97. The van der Waals surface area contributed by atoms with E-state index in [0.717, 1.165) is 31.2 Å². The summed E-state index contributed by atoms with van der Waals surface area (Å²) in [5, 5.41) is 6.31. The third-order valence-electron chi connectivity index (χ3n) is 3.24. The summed E-state index contributed by atoms with van der Waals surface area (Å²) in [6, 6.07) is 0.277. The third-order valence-corrected chi connectivity index (χ3v) is 3.24. The predicted molar refractivity (Wildman–Crippen MR) is 70.4 cm³/mol. The van der Waals surface area contributed by atoms with Crippen molar-refractivity contribution in [1.29, 1.82) is 0 Å². The molecule has 1 aliphatic heterocycles. The SMILES string of the molecule is CN(C)c1ncc(CNCC2CCC(=O)N2)n1C. The van der Waals surface area contributed by atoms with Gasteiger partial charge in [-0.3, -0.25) is 4.79 Å². The van der Waals surface area contributed by atoms with Crippen LogP contribution in [0.3, 0.4) is 0 Å². The summed E-state index contributed by atoms with van der Waals surface area (Å²) in [5.74, 6) is 1.11. The third kappa shape index (κ3) is 2.81. The minimum absolute atomic E-state index is 0.164. The Balaban J connectivity index is 1.81. The number of nitrogens with zero attached hydrogens (tertiary/aromatic N) is 3. The van der Waals surface area contributed by atoms with Gasteiger partial charge in [-0.15, -0.1) is 0 Å². The van der Waals surface area contributed by atoms with Crippen LogP contribution >= 0.6 is 0 Å². The smallest absolute Gasteiger partial charge is 0.220 e. The number of nitrogens with one attached hydrogen (secondary N) is 2. The fourth-order valence-electron chi connectivity index (χ4n) is 2.22. The first kappa shape index (κ1) is 12.9. The van der Waals surface area contributed by atoms with Crippen LogP contribution in [0.1, 0.15) is 18.5 Å². The Morgan fingerprint density at radius 3 is 2.94 bits per heavy atom. The van der Waals surface area contributed by atoms with E-state index in [9.17, 15) is 4.79 Å². The second-order valence-electron chi connectivity index (χ2n) is 4.94. The number of rotatable bonds is 5. The maximum atomic E-state index is 11.1. The Bertz CT molecular complexity index is 426. The summed E-state index contributed by atoms with van der Waals surface area (Å²) in [6.07, 6.45) is 3.47. The molecule has 1 atom stereocenters. The summed E-state index contributed by atoms with van der Waals surface area (Å²) in [4.78, 5) is 17.4. The molecule has 2 heterocycles. The van der Waals surface area contributed by atoms with Crippen LogP contribution in [-0.2, 0) is 18.4 Å².